The Balaban J connectivity index is 1.79. The van der Waals surface area contributed by atoms with Gasteiger partial charge in [-0.05, 0) is 54.5 Å². The van der Waals surface area contributed by atoms with Gasteiger partial charge in [-0.15, -0.1) is 0 Å². The summed E-state index contributed by atoms with van der Waals surface area (Å²) in [5.41, 5.74) is 2.87. The Hall–Kier alpha value is -3.69. The summed E-state index contributed by atoms with van der Waals surface area (Å²) >= 11 is 0. The minimum absolute atomic E-state index is 0.148. The first kappa shape index (κ1) is 27.9. The predicted octanol–water partition coefficient (Wildman–Crippen LogP) is 3.40. The molecular weight excluding hydrogens is 474 g/mol. The van der Waals surface area contributed by atoms with E-state index in [2.05, 4.69) is 10.3 Å². The lowest BCUT2D eigenvalue weighted by Gasteiger charge is -2.32. The van der Waals surface area contributed by atoms with Crippen LogP contribution in [0.3, 0.4) is 0 Å². The number of hydrogen-bond acceptors (Lipinski definition) is 6. The average molecular weight is 510 g/mol. The van der Waals surface area contributed by atoms with Crippen molar-refractivity contribution in [2.24, 2.45) is 11.3 Å². The molecule has 9 nitrogen and oxygen atoms in total. The molecule has 0 aliphatic carbocycles. The van der Waals surface area contributed by atoms with Crippen molar-refractivity contribution in [3.8, 4) is 5.75 Å². The largest absolute Gasteiger partial charge is 0.497 e. The number of para-hydroxylation sites is 1. The van der Waals surface area contributed by atoms with E-state index in [4.69, 9.17) is 9.94 Å². The Morgan fingerprint density at radius 1 is 1.03 bits per heavy atom. The minimum Gasteiger partial charge on any atom is -0.497 e. The number of carbonyl (C=O) groups is 3. The van der Waals surface area contributed by atoms with Crippen molar-refractivity contribution in [1.29, 1.82) is 0 Å². The van der Waals surface area contributed by atoms with Gasteiger partial charge in [-0.3, -0.25) is 19.6 Å². The fraction of sp³-hybridized carbons (Fsp3) is 0.393. The fourth-order valence-electron chi connectivity index (χ4n) is 4.32. The lowest BCUT2D eigenvalue weighted by Crippen LogP contribution is -2.53. The number of aliphatic hydroxyl groups is 1. The number of hydrogen-bond donors (Lipinski definition) is 5. The maximum absolute atomic E-state index is 13.5. The van der Waals surface area contributed by atoms with Crippen molar-refractivity contribution in [2.75, 3.05) is 7.11 Å². The van der Waals surface area contributed by atoms with Crippen LogP contribution in [0.1, 0.15) is 49.7 Å². The van der Waals surface area contributed by atoms with Crippen LogP contribution in [0.25, 0.3) is 10.9 Å². The molecule has 2 amide bonds. The molecule has 37 heavy (non-hydrogen) atoms. The number of methoxy groups -OCH3 is 1. The highest BCUT2D eigenvalue weighted by atomic mass is 16.5. The van der Waals surface area contributed by atoms with E-state index in [1.807, 2.05) is 69.3 Å². The number of fused-ring (bicyclic) bond motifs is 1. The lowest BCUT2D eigenvalue weighted by atomic mass is 9.82. The third kappa shape index (κ3) is 6.96. The molecule has 9 heteroatoms. The van der Waals surface area contributed by atoms with Crippen molar-refractivity contribution in [1.82, 2.24) is 15.8 Å². The van der Waals surface area contributed by atoms with Crippen molar-refractivity contribution >= 4 is 28.5 Å². The number of Topliss-reactive ketones (excluding diaryl/α,β-unsaturated/α-hetero) is 1. The maximum atomic E-state index is 13.5. The Morgan fingerprint density at radius 3 is 2.41 bits per heavy atom. The van der Waals surface area contributed by atoms with E-state index in [1.165, 1.54) is 5.48 Å². The van der Waals surface area contributed by atoms with Gasteiger partial charge in [0.15, 0.2) is 0 Å². The molecule has 5 N–H and O–H groups in total. The maximum Gasteiger partial charge on any atom is 0.272 e. The van der Waals surface area contributed by atoms with Gasteiger partial charge in [0, 0.05) is 10.9 Å². The number of amides is 2. The van der Waals surface area contributed by atoms with E-state index in [0.29, 0.717) is 24.3 Å². The zero-order valence-corrected chi connectivity index (χ0v) is 21.6. The molecule has 2 aromatic carbocycles. The number of ether oxygens (including phenoxy) is 1. The van der Waals surface area contributed by atoms with Crippen LogP contribution in [-0.2, 0) is 16.0 Å². The van der Waals surface area contributed by atoms with Crippen LogP contribution in [0.2, 0.25) is 0 Å². The average Bonchev–Trinajstić information content (AvgIpc) is 3.32. The molecule has 1 aromatic heterocycles. The van der Waals surface area contributed by atoms with Gasteiger partial charge < -0.3 is 20.1 Å². The van der Waals surface area contributed by atoms with Crippen LogP contribution >= 0.6 is 0 Å². The SMILES string of the molecule is COc1cccc(CCC[C@H](C(=O)N[C@H](C(=O)c2cc3ccccc3[nH]2)C(C)(C)C)[C@H](O)C(=O)NO)c1. The molecular formula is C28H35N3O6. The topological polar surface area (TPSA) is 141 Å². The number of nitrogens with one attached hydrogen (secondary N) is 3. The molecule has 3 rings (SSSR count). The molecule has 0 spiro atoms. The molecule has 0 bridgehead atoms. The lowest BCUT2D eigenvalue weighted by molar-refractivity contribution is -0.146. The predicted molar refractivity (Wildman–Crippen MR) is 139 cm³/mol. The second kappa shape index (κ2) is 12.0. The number of aryl methyl sites for hydroxylation is 1. The van der Waals surface area contributed by atoms with Crippen LogP contribution < -0.4 is 15.5 Å². The first-order chi connectivity index (χ1) is 17.5. The van der Waals surface area contributed by atoms with Crippen molar-refractivity contribution < 1.29 is 29.4 Å². The Kier molecular flexibility index (Phi) is 9.07. The number of rotatable bonds is 11. The highest BCUT2D eigenvalue weighted by molar-refractivity contribution is 6.04. The fourth-order valence-corrected chi connectivity index (χ4v) is 4.32. The van der Waals surface area contributed by atoms with E-state index in [0.717, 1.165) is 16.5 Å². The summed E-state index contributed by atoms with van der Waals surface area (Å²) in [6.45, 7) is 5.48. The van der Waals surface area contributed by atoms with Crippen molar-refractivity contribution in [3.05, 3.63) is 65.9 Å². The summed E-state index contributed by atoms with van der Waals surface area (Å²) in [7, 11) is 1.58. The van der Waals surface area contributed by atoms with Crippen molar-refractivity contribution in [2.45, 2.75) is 52.2 Å². The molecule has 0 aliphatic rings. The summed E-state index contributed by atoms with van der Waals surface area (Å²) in [5.74, 6) is -2.52. The number of hydroxylamine groups is 1. The second-order valence-electron chi connectivity index (χ2n) is 10.2. The van der Waals surface area contributed by atoms with E-state index in [1.54, 1.807) is 13.2 Å². The van der Waals surface area contributed by atoms with E-state index < -0.39 is 35.3 Å². The quantitative estimate of drug-likeness (QED) is 0.152. The van der Waals surface area contributed by atoms with Gasteiger partial charge >= 0.3 is 0 Å². The van der Waals surface area contributed by atoms with Crippen LogP contribution in [0.15, 0.2) is 54.6 Å². The highest BCUT2D eigenvalue weighted by Gasteiger charge is 2.38. The molecule has 0 unspecified atom stereocenters. The molecule has 0 radical (unpaired) electrons. The minimum atomic E-state index is -1.79. The van der Waals surface area contributed by atoms with Crippen LogP contribution in [0.5, 0.6) is 5.75 Å². The number of aromatic nitrogens is 1. The number of carbonyl (C=O) groups excluding carboxylic acids is 3. The Morgan fingerprint density at radius 2 is 1.76 bits per heavy atom. The molecule has 3 aromatic rings. The first-order valence-corrected chi connectivity index (χ1v) is 12.2. The summed E-state index contributed by atoms with van der Waals surface area (Å²) < 4.78 is 5.24. The molecule has 198 valence electrons. The third-order valence-corrected chi connectivity index (χ3v) is 6.42. The van der Waals surface area contributed by atoms with Gasteiger partial charge in [-0.2, -0.15) is 0 Å². The molecule has 0 aliphatic heterocycles. The summed E-state index contributed by atoms with van der Waals surface area (Å²) in [5, 5.41) is 23.2. The third-order valence-electron chi connectivity index (χ3n) is 6.42. The number of ketones is 1. The molecule has 3 atom stereocenters. The molecule has 0 saturated carbocycles. The van der Waals surface area contributed by atoms with Gasteiger partial charge in [0.1, 0.15) is 11.9 Å². The molecule has 1 heterocycles. The standard InChI is InChI=1S/C28H35N3O6/c1-28(2,3)25(24(33)22-16-18-11-5-6-14-21(18)29-22)30-26(34)20(23(32)27(35)31-36)13-8-10-17-9-7-12-19(15-17)37-4/h5-7,9,11-12,14-16,20,23,25,29,32,36H,8,10,13H2,1-4H3,(H,30,34)(H,31,35)/t20-,23-,25+/m0/s1. The van der Waals surface area contributed by atoms with Crippen molar-refractivity contribution in [3.63, 3.8) is 0 Å². The van der Waals surface area contributed by atoms with Crippen LogP contribution in [0, 0.1) is 11.3 Å². The van der Waals surface area contributed by atoms with E-state index in [9.17, 15) is 19.5 Å². The van der Waals surface area contributed by atoms with Gasteiger partial charge in [0.25, 0.3) is 5.91 Å². The highest BCUT2D eigenvalue weighted by Crippen LogP contribution is 2.26. The molecule has 0 saturated heterocycles. The monoisotopic (exact) mass is 509 g/mol. The van der Waals surface area contributed by atoms with E-state index in [-0.39, 0.29) is 12.2 Å². The summed E-state index contributed by atoms with van der Waals surface area (Å²) in [6.07, 6.45) is -0.601. The van der Waals surface area contributed by atoms with Gasteiger partial charge in [-0.25, -0.2) is 5.48 Å². The zero-order valence-electron chi connectivity index (χ0n) is 21.6. The normalized spacial score (nSPS) is 14.0. The number of benzene rings is 2. The zero-order chi connectivity index (χ0) is 27.2. The Bertz CT molecular complexity index is 1210. The van der Waals surface area contributed by atoms with E-state index >= 15 is 0 Å². The number of aromatic amines is 1. The van der Waals surface area contributed by atoms with Crippen LogP contribution in [0.4, 0.5) is 0 Å². The first-order valence-electron chi connectivity index (χ1n) is 12.2. The Labute approximate surface area is 216 Å². The number of H-pyrrole nitrogens is 1. The van der Waals surface area contributed by atoms with Gasteiger partial charge in [0.2, 0.25) is 11.7 Å². The smallest absolute Gasteiger partial charge is 0.272 e. The second-order valence-corrected chi connectivity index (χ2v) is 10.2. The number of aliphatic hydroxyl groups excluding tert-OH is 1. The summed E-state index contributed by atoms with van der Waals surface area (Å²) in [6, 6.07) is 15.8. The molecule has 0 fully saturated rings. The van der Waals surface area contributed by atoms with Crippen LogP contribution in [-0.4, -0.2) is 52.2 Å². The summed E-state index contributed by atoms with van der Waals surface area (Å²) in [4.78, 5) is 42.0. The van der Waals surface area contributed by atoms with Gasteiger partial charge in [0.05, 0.1) is 24.8 Å². The van der Waals surface area contributed by atoms with Gasteiger partial charge in [-0.1, -0.05) is 51.1 Å².